The zero-order valence-electron chi connectivity index (χ0n) is 9.08. The van der Waals surface area contributed by atoms with E-state index in [1.165, 1.54) is 28.4 Å². The topological polar surface area (TPSA) is 3.24 Å². The summed E-state index contributed by atoms with van der Waals surface area (Å²) in [5.74, 6) is 1.84. The van der Waals surface area contributed by atoms with Crippen molar-refractivity contribution < 1.29 is 0 Å². The minimum atomic E-state index is 0.629. The lowest BCUT2D eigenvalue weighted by molar-refractivity contribution is 0.828. The molecule has 1 aromatic rings. The van der Waals surface area contributed by atoms with Crippen LogP contribution in [0.25, 0.3) is 0 Å². The van der Waals surface area contributed by atoms with E-state index >= 15 is 0 Å². The van der Waals surface area contributed by atoms with Gasteiger partial charge in [-0.05, 0) is 17.5 Å². The van der Waals surface area contributed by atoms with E-state index in [-0.39, 0.29) is 0 Å². The van der Waals surface area contributed by atoms with Gasteiger partial charge in [-0.1, -0.05) is 26.0 Å². The van der Waals surface area contributed by atoms with Gasteiger partial charge in [0.2, 0.25) is 0 Å². The molecule has 0 N–H and O–H groups in total. The smallest absolute Gasteiger partial charge is 0.0505 e. The Morgan fingerprint density at radius 1 is 1.36 bits per heavy atom. The first-order valence-electron chi connectivity index (χ1n) is 5.17. The van der Waals surface area contributed by atoms with Gasteiger partial charge in [-0.2, -0.15) is 0 Å². The van der Waals surface area contributed by atoms with Crippen molar-refractivity contribution in [3.63, 3.8) is 0 Å². The van der Waals surface area contributed by atoms with E-state index in [2.05, 4.69) is 44.0 Å². The molecule has 76 valence electrons. The minimum Gasteiger partial charge on any atom is -0.373 e. The van der Waals surface area contributed by atoms with Crippen molar-refractivity contribution in [1.82, 2.24) is 0 Å². The van der Waals surface area contributed by atoms with Crippen molar-refractivity contribution in [3.05, 3.63) is 23.8 Å². The van der Waals surface area contributed by atoms with Crippen molar-refractivity contribution >= 4 is 17.4 Å². The van der Waals surface area contributed by atoms with Crippen LogP contribution in [0.5, 0.6) is 0 Å². The van der Waals surface area contributed by atoms with Gasteiger partial charge in [0.05, 0.1) is 5.69 Å². The van der Waals surface area contributed by atoms with Crippen LogP contribution in [0.1, 0.15) is 25.3 Å². The number of hydrogen-bond donors (Lipinski definition) is 0. The summed E-state index contributed by atoms with van der Waals surface area (Å²) in [6.45, 7) is 5.70. The normalized spacial score (nSPS) is 15.9. The summed E-state index contributed by atoms with van der Waals surface area (Å²) in [5, 5.41) is 0. The van der Waals surface area contributed by atoms with Crippen LogP contribution in [0, 0.1) is 0 Å². The van der Waals surface area contributed by atoms with Gasteiger partial charge in [-0.25, -0.2) is 0 Å². The summed E-state index contributed by atoms with van der Waals surface area (Å²) in [5.41, 5.74) is 2.91. The van der Waals surface area contributed by atoms with Gasteiger partial charge in [-0.3, -0.25) is 0 Å². The van der Waals surface area contributed by atoms with Crippen LogP contribution < -0.4 is 4.90 Å². The number of hydrogen-bond acceptors (Lipinski definition) is 2. The van der Waals surface area contributed by atoms with Crippen LogP contribution in [0.15, 0.2) is 23.1 Å². The van der Waals surface area contributed by atoms with E-state index in [1.54, 1.807) is 0 Å². The number of anilines is 1. The molecule has 0 bridgehead atoms. The zero-order chi connectivity index (χ0) is 10.1. The molecular weight excluding hydrogens is 190 g/mol. The van der Waals surface area contributed by atoms with Crippen molar-refractivity contribution in [2.75, 3.05) is 24.2 Å². The summed E-state index contributed by atoms with van der Waals surface area (Å²) in [6, 6.07) is 6.67. The Kier molecular flexibility index (Phi) is 2.73. The van der Waals surface area contributed by atoms with Gasteiger partial charge in [0, 0.05) is 24.2 Å². The predicted molar refractivity (Wildman–Crippen MR) is 64.5 cm³/mol. The SMILES string of the molecule is CC(C)c1cccc2c1SCCN2C. The van der Waals surface area contributed by atoms with Crippen LogP contribution >= 0.6 is 11.8 Å². The molecule has 0 spiro atoms. The fraction of sp³-hybridized carbons (Fsp3) is 0.500. The van der Waals surface area contributed by atoms with E-state index in [9.17, 15) is 0 Å². The second-order valence-corrected chi connectivity index (χ2v) is 5.23. The van der Waals surface area contributed by atoms with E-state index in [1.807, 2.05) is 11.8 Å². The molecule has 0 aromatic heterocycles. The number of thioether (sulfide) groups is 1. The Morgan fingerprint density at radius 3 is 2.86 bits per heavy atom. The molecule has 1 aromatic carbocycles. The molecule has 0 aliphatic carbocycles. The highest BCUT2D eigenvalue weighted by Crippen LogP contribution is 2.39. The number of fused-ring (bicyclic) bond motifs is 1. The minimum absolute atomic E-state index is 0.629. The number of rotatable bonds is 1. The number of nitrogens with zero attached hydrogens (tertiary/aromatic N) is 1. The highest BCUT2D eigenvalue weighted by molar-refractivity contribution is 7.99. The van der Waals surface area contributed by atoms with E-state index in [0.29, 0.717) is 5.92 Å². The van der Waals surface area contributed by atoms with Crippen molar-refractivity contribution in [3.8, 4) is 0 Å². The molecule has 1 heterocycles. The molecule has 0 amide bonds. The van der Waals surface area contributed by atoms with Gasteiger partial charge in [-0.15, -0.1) is 11.8 Å². The van der Waals surface area contributed by atoms with E-state index in [4.69, 9.17) is 0 Å². The largest absolute Gasteiger partial charge is 0.373 e. The fourth-order valence-electron chi connectivity index (χ4n) is 1.86. The van der Waals surface area contributed by atoms with Crippen LogP contribution in [0.3, 0.4) is 0 Å². The molecule has 0 fully saturated rings. The van der Waals surface area contributed by atoms with Gasteiger partial charge in [0.25, 0.3) is 0 Å². The van der Waals surface area contributed by atoms with Gasteiger partial charge >= 0.3 is 0 Å². The lowest BCUT2D eigenvalue weighted by Gasteiger charge is -2.29. The molecule has 14 heavy (non-hydrogen) atoms. The maximum Gasteiger partial charge on any atom is 0.0505 e. The molecule has 1 nitrogen and oxygen atoms in total. The molecule has 1 aliphatic heterocycles. The molecule has 0 saturated heterocycles. The lowest BCUT2D eigenvalue weighted by Crippen LogP contribution is -2.24. The zero-order valence-corrected chi connectivity index (χ0v) is 9.90. The van der Waals surface area contributed by atoms with Gasteiger partial charge in [0.15, 0.2) is 0 Å². The first kappa shape index (κ1) is 9.91. The standard InChI is InChI=1S/C12H17NS/c1-9(2)10-5-4-6-11-12(10)14-8-7-13(11)3/h4-6,9H,7-8H2,1-3H3. The molecule has 0 radical (unpaired) electrons. The van der Waals surface area contributed by atoms with Crippen molar-refractivity contribution in [2.45, 2.75) is 24.7 Å². The summed E-state index contributed by atoms with van der Waals surface area (Å²) in [7, 11) is 2.18. The second kappa shape index (κ2) is 3.85. The summed E-state index contributed by atoms with van der Waals surface area (Å²) >= 11 is 2.01. The van der Waals surface area contributed by atoms with Crippen molar-refractivity contribution in [2.24, 2.45) is 0 Å². The first-order valence-corrected chi connectivity index (χ1v) is 6.15. The fourth-order valence-corrected chi connectivity index (χ4v) is 3.27. The maximum absolute atomic E-state index is 2.36. The van der Waals surface area contributed by atoms with Crippen LogP contribution in [-0.2, 0) is 0 Å². The summed E-state index contributed by atoms with van der Waals surface area (Å²) in [4.78, 5) is 3.86. The molecule has 1 aliphatic rings. The maximum atomic E-state index is 2.36. The summed E-state index contributed by atoms with van der Waals surface area (Å²) in [6.07, 6.45) is 0. The van der Waals surface area contributed by atoms with Gasteiger partial charge in [0.1, 0.15) is 0 Å². The average molecular weight is 207 g/mol. The van der Waals surface area contributed by atoms with Crippen LogP contribution in [0.4, 0.5) is 5.69 Å². The second-order valence-electron chi connectivity index (χ2n) is 4.12. The Morgan fingerprint density at radius 2 is 2.14 bits per heavy atom. The predicted octanol–water partition coefficient (Wildman–Crippen LogP) is 3.35. The monoisotopic (exact) mass is 207 g/mol. The first-order chi connectivity index (χ1) is 6.70. The molecular formula is C12H17NS. The third-order valence-electron chi connectivity index (χ3n) is 2.73. The van der Waals surface area contributed by atoms with E-state index in [0.717, 1.165) is 0 Å². The third-order valence-corrected chi connectivity index (χ3v) is 3.85. The third kappa shape index (κ3) is 1.63. The Balaban J connectivity index is 2.49. The average Bonchev–Trinajstić information content (AvgIpc) is 2.17. The number of benzene rings is 1. The van der Waals surface area contributed by atoms with Crippen LogP contribution in [0.2, 0.25) is 0 Å². The Bertz CT molecular complexity index is 319. The molecule has 0 atom stereocenters. The Labute approximate surface area is 90.5 Å². The highest BCUT2D eigenvalue weighted by Gasteiger charge is 2.18. The Hall–Kier alpha value is -0.630. The molecule has 2 rings (SSSR count). The van der Waals surface area contributed by atoms with Crippen LogP contribution in [-0.4, -0.2) is 19.3 Å². The summed E-state index contributed by atoms with van der Waals surface area (Å²) < 4.78 is 0. The molecule has 0 unspecified atom stereocenters. The quantitative estimate of drug-likeness (QED) is 0.694. The highest BCUT2D eigenvalue weighted by atomic mass is 32.2. The lowest BCUT2D eigenvalue weighted by atomic mass is 10.0. The molecule has 2 heteroatoms. The van der Waals surface area contributed by atoms with Crippen molar-refractivity contribution in [1.29, 1.82) is 0 Å². The van der Waals surface area contributed by atoms with E-state index < -0.39 is 0 Å². The van der Waals surface area contributed by atoms with Gasteiger partial charge < -0.3 is 4.90 Å². The molecule has 0 saturated carbocycles.